The highest BCUT2D eigenvalue weighted by molar-refractivity contribution is 6.05. The first kappa shape index (κ1) is 25.4. The Kier molecular flexibility index (Phi) is 9.28. The SMILES string of the molecule is CCOC(=O)C1=C(C)NC(C)=C(C(=O)OCC)C1C(=O)OCC(=O)N[C@H]1CCCC[C@@H]1C. The standard InChI is InChI=1S/C23H34N2O7/c1-6-30-21(27)18-14(4)24-15(5)19(22(28)31-7-2)20(18)23(29)32-12-17(26)25-16-11-9-8-10-13(16)3/h13,16,20,24H,6-12H2,1-5H3,(H,25,26)/t13-,16-/m0/s1. The molecule has 32 heavy (non-hydrogen) atoms. The van der Waals surface area contributed by atoms with E-state index in [-0.39, 0.29) is 30.4 Å². The van der Waals surface area contributed by atoms with Crippen LogP contribution in [0.4, 0.5) is 0 Å². The molecule has 9 nitrogen and oxygen atoms in total. The van der Waals surface area contributed by atoms with Gasteiger partial charge in [0, 0.05) is 17.4 Å². The molecule has 2 atom stereocenters. The first-order valence-electron chi connectivity index (χ1n) is 11.2. The molecule has 1 fully saturated rings. The highest BCUT2D eigenvalue weighted by Crippen LogP contribution is 2.32. The minimum atomic E-state index is -1.35. The van der Waals surface area contributed by atoms with E-state index in [0.717, 1.165) is 25.7 Å². The second kappa shape index (κ2) is 11.7. The number of dihydropyridines is 1. The zero-order chi connectivity index (χ0) is 23.8. The number of carbonyl (C=O) groups is 4. The lowest BCUT2D eigenvalue weighted by Gasteiger charge is -2.30. The number of amides is 1. The summed E-state index contributed by atoms with van der Waals surface area (Å²) >= 11 is 0. The molecule has 0 aromatic rings. The zero-order valence-electron chi connectivity index (χ0n) is 19.5. The van der Waals surface area contributed by atoms with Crippen LogP contribution in [0, 0.1) is 11.8 Å². The monoisotopic (exact) mass is 450 g/mol. The quantitative estimate of drug-likeness (QED) is 0.426. The van der Waals surface area contributed by atoms with Crippen molar-refractivity contribution >= 4 is 23.8 Å². The minimum Gasteiger partial charge on any atom is -0.463 e. The second-order valence-electron chi connectivity index (χ2n) is 8.12. The van der Waals surface area contributed by atoms with Gasteiger partial charge in [-0.05, 0) is 46.5 Å². The Labute approximate surface area is 188 Å². The maximum Gasteiger partial charge on any atom is 0.337 e. The van der Waals surface area contributed by atoms with Gasteiger partial charge in [0.15, 0.2) is 6.61 Å². The third kappa shape index (κ3) is 6.11. The smallest absolute Gasteiger partial charge is 0.337 e. The van der Waals surface area contributed by atoms with Crippen molar-refractivity contribution in [1.82, 2.24) is 10.6 Å². The van der Waals surface area contributed by atoms with Gasteiger partial charge >= 0.3 is 17.9 Å². The second-order valence-corrected chi connectivity index (χ2v) is 8.12. The van der Waals surface area contributed by atoms with Gasteiger partial charge in [0.05, 0.1) is 24.4 Å². The number of allylic oxidation sites excluding steroid dienone is 2. The van der Waals surface area contributed by atoms with Crippen LogP contribution >= 0.6 is 0 Å². The van der Waals surface area contributed by atoms with E-state index in [4.69, 9.17) is 14.2 Å². The van der Waals surface area contributed by atoms with E-state index in [1.807, 2.05) is 0 Å². The summed E-state index contributed by atoms with van der Waals surface area (Å²) in [7, 11) is 0. The maximum atomic E-state index is 13.1. The van der Waals surface area contributed by atoms with Crippen LogP contribution in [0.1, 0.15) is 60.3 Å². The van der Waals surface area contributed by atoms with Gasteiger partial charge in [0.2, 0.25) is 0 Å². The van der Waals surface area contributed by atoms with Crippen molar-refractivity contribution in [3.05, 3.63) is 22.5 Å². The van der Waals surface area contributed by atoms with Crippen LogP contribution in [0.3, 0.4) is 0 Å². The fourth-order valence-corrected chi connectivity index (χ4v) is 4.19. The predicted octanol–water partition coefficient (Wildman–Crippen LogP) is 2.12. The molecule has 2 N–H and O–H groups in total. The van der Waals surface area contributed by atoms with Crippen LogP contribution in [0.5, 0.6) is 0 Å². The Hall–Kier alpha value is -2.84. The molecular formula is C23H34N2O7. The largest absolute Gasteiger partial charge is 0.463 e. The van der Waals surface area contributed by atoms with E-state index in [9.17, 15) is 19.2 Å². The van der Waals surface area contributed by atoms with E-state index in [1.54, 1.807) is 27.7 Å². The number of hydrogen-bond donors (Lipinski definition) is 2. The van der Waals surface area contributed by atoms with Crippen LogP contribution in [0.2, 0.25) is 0 Å². The van der Waals surface area contributed by atoms with Crippen molar-refractivity contribution in [3.8, 4) is 0 Å². The molecule has 1 heterocycles. The Morgan fingerprint density at radius 2 is 1.44 bits per heavy atom. The summed E-state index contributed by atoms with van der Waals surface area (Å²) in [5.74, 6) is -3.78. The molecule has 1 aliphatic carbocycles. The van der Waals surface area contributed by atoms with Gasteiger partial charge < -0.3 is 24.8 Å². The van der Waals surface area contributed by atoms with E-state index in [2.05, 4.69) is 17.6 Å². The van der Waals surface area contributed by atoms with Crippen molar-refractivity contribution in [1.29, 1.82) is 0 Å². The van der Waals surface area contributed by atoms with Gasteiger partial charge in [0.25, 0.3) is 5.91 Å². The highest BCUT2D eigenvalue weighted by atomic mass is 16.5. The lowest BCUT2D eigenvalue weighted by atomic mass is 9.85. The van der Waals surface area contributed by atoms with Crippen LogP contribution in [-0.2, 0) is 33.4 Å². The summed E-state index contributed by atoms with van der Waals surface area (Å²) in [6.07, 6.45) is 4.12. The molecule has 1 aliphatic heterocycles. The summed E-state index contributed by atoms with van der Waals surface area (Å²) in [5.41, 5.74) is 0.673. The zero-order valence-corrected chi connectivity index (χ0v) is 19.5. The van der Waals surface area contributed by atoms with Crippen LogP contribution in [0.15, 0.2) is 22.5 Å². The van der Waals surface area contributed by atoms with Gasteiger partial charge in [-0.15, -0.1) is 0 Å². The molecule has 1 saturated carbocycles. The summed E-state index contributed by atoms with van der Waals surface area (Å²) in [5, 5.41) is 5.85. The molecule has 9 heteroatoms. The molecule has 0 aromatic heterocycles. The van der Waals surface area contributed by atoms with E-state index in [0.29, 0.717) is 17.3 Å². The van der Waals surface area contributed by atoms with Crippen molar-refractivity contribution in [2.45, 2.75) is 66.3 Å². The normalized spacial score (nSPS) is 21.5. The maximum absolute atomic E-state index is 13.1. The van der Waals surface area contributed by atoms with Gasteiger partial charge in [0.1, 0.15) is 5.92 Å². The number of hydrogen-bond acceptors (Lipinski definition) is 8. The Morgan fingerprint density at radius 1 is 0.906 bits per heavy atom. The molecule has 0 saturated heterocycles. The average molecular weight is 451 g/mol. The summed E-state index contributed by atoms with van der Waals surface area (Å²) < 4.78 is 15.5. The van der Waals surface area contributed by atoms with Gasteiger partial charge in [-0.3, -0.25) is 9.59 Å². The number of rotatable bonds is 8. The first-order chi connectivity index (χ1) is 15.2. The molecule has 0 bridgehead atoms. The first-order valence-corrected chi connectivity index (χ1v) is 11.2. The Balaban J connectivity index is 2.21. The van der Waals surface area contributed by atoms with Crippen molar-refractivity contribution in [2.75, 3.05) is 19.8 Å². The number of esters is 3. The van der Waals surface area contributed by atoms with Crippen molar-refractivity contribution < 1.29 is 33.4 Å². The van der Waals surface area contributed by atoms with Gasteiger partial charge in [-0.25, -0.2) is 9.59 Å². The van der Waals surface area contributed by atoms with Crippen molar-refractivity contribution in [3.63, 3.8) is 0 Å². The fourth-order valence-electron chi connectivity index (χ4n) is 4.19. The summed E-state index contributed by atoms with van der Waals surface area (Å²) in [6, 6.07) is 0.0447. The Bertz CT molecular complexity index is 775. The van der Waals surface area contributed by atoms with Gasteiger partial charge in [-0.1, -0.05) is 19.8 Å². The number of ether oxygens (including phenoxy) is 3. The van der Waals surface area contributed by atoms with Crippen LogP contribution < -0.4 is 10.6 Å². The lowest BCUT2D eigenvalue weighted by molar-refractivity contribution is -0.154. The van der Waals surface area contributed by atoms with E-state index < -0.39 is 36.3 Å². The average Bonchev–Trinajstić information content (AvgIpc) is 2.73. The Morgan fingerprint density at radius 3 is 1.94 bits per heavy atom. The predicted molar refractivity (Wildman–Crippen MR) is 116 cm³/mol. The molecule has 1 amide bonds. The third-order valence-electron chi connectivity index (χ3n) is 5.79. The molecule has 2 rings (SSSR count). The topological polar surface area (TPSA) is 120 Å². The van der Waals surface area contributed by atoms with E-state index in [1.165, 1.54) is 0 Å². The van der Waals surface area contributed by atoms with Gasteiger partial charge in [-0.2, -0.15) is 0 Å². The summed E-state index contributed by atoms with van der Waals surface area (Å²) in [4.78, 5) is 50.7. The lowest BCUT2D eigenvalue weighted by Crippen LogP contribution is -2.44. The molecule has 0 radical (unpaired) electrons. The van der Waals surface area contributed by atoms with Crippen molar-refractivity contribution in [2.24, 2.45) is 11.8 Å². The molecule has 0 spiro atoms. The molecule has 2 aliphatic rings. The van der Waals surface area contributed by atoms with Crippen LogP contribution in [-0.4, -0.2) is 49.7 Å². The molecule has 178 valence electrons. The van der Waals surface area contributed by atoms with E-state index >= 15 is 0 Å². The minimum absolute atomic E-state index is 0.0354. The molecule has 0 aromatic carbocycles. The number of nitrogens with one attached hydrogen (secondary N) is 2. The molecule has 0 unspecified atom stereocenters. The molecular weight excluding hydrogens is 416 g/mol. The fraction of sp³-hybridized carbons (Fsp3) is 0.652. The number of carbonyl (C=O) groups excluding carboxylic acids is 4. The van der Waals surface area contributed by atoms with Crippen LogP contribution in [0.25, 0.3) is 0 Å². The summed E-state index contributed by atoms with van der Waals surface area (Å²) in [6.45, 7) is 8.26. The highest BCUT2D eigenvalue weighted by Gasteiger charge is 2.42. The third-order valence-corrected chi connectivity index (χ3v) is 5.79.